The van der Waals surface area contributed by atoms with E-state index >= 15 is 0 Å². The zero-order valence-corrected chi connectivity index (χ0v) is 13.7. The second-order valence-corrected chi connectivity index (χ2v) is 6.55. The van der Waals surface area contributed by atoms with E-state index in [-0.39, 0.29) is 17.6 Å². The van der Waals surface area contributed by atoms with Gasteiger partial charge in [-0.1, -0.05) is 6.07 Å². The standard InChI is InChI=1S/C18H19FN4O2/c19-11-4-3-5-13(10-11)21-17(24)15-14-6-1-2-9-23(14)16(22-15)18(25)20-12-7-8-12/h3-5,10,12H,1-2,6-9H2,(H,20,25)(H,21,24). The molecule has 2 N–H and O–H groups in total. The summed E-state index contributed by atoms with van der Waals surface area (Å²) >= 11 is 0. The summed E-state index contributed by atoms with van der Waals surface area (Å²) in [7, 11) is 0. The number of aromatic nitrogens is 2. The Bertz CT molecular complexity index is 842. The van der Waals surface area contributed by atoms with E-state index in [9.17, 15) is 14.0 Å². The summed E-state index contributed by atoms with van der Waals surface area (Å²) in [5.41, 5.74) is 1.40. The lowest BCUT2D eigenvalue weighted by Gasteiger charge is -2.17. The quantitative estimate of drug-likeness (QED) is 0.896. The van der Waals surface area contributed by atoms with Crippen molar-refractivity contribution in [3.05, 3.63) is 47.3 Å². The van der Waals surface area contributed by atoms with Crippen LogP contribution >= 0.6 is 0 Å². The molecule has 0 radical (unpaired) electrons. The molecule has 2 amide bonds. The van der Waals surface area contributed by atoms with Crippen LogP contribution in [-0.4, -0.2) is 27.4 Å². The van der Waals surface area contributed by atoms with E-state index in [1.165, 1.54) is 18.2 Å². The molecule has 6 nitrogen and oxygen atoms in total. The van der Waals surface area contributed by atoms with Crippen molar-refractivity contribution in [3.63, 3.8) is 0 Å². The summed E-state index contributed by atoms with van der Waals surface area (Å²) in [5.74, 6) is -0.766. The van der Waals surface area contributed by atoms with Crippen molar-refractivity contribution in [2.24, 2.45) is 0 Å². The van der Waals surface area contributed by atoms with Gasteiger partial charge in [0, 0.05) is 18.3 Å². The molecule has 130 valence electrons. The molecule has 0 bridgehead atoms. The molecule has 0 unspecified atom stereocenters. The van der Waals surface area contributed by atoms with Gasteiger partial charge in [0.1, 0.15) is 5.82 Å². The summed E-state index contributed by atoms with van der Waals surface area (Å²) in [4.78, 5) is 29.4. The molecule has 25 heavy (non-hydrogen) atoms. The van der Waals surface area contributed by atoms with Gasteiger partial charge in [0.25, 0.3) is 11.8 Å². The minimum Gasteiger partial charge on any atom is -0.347 e. The second kappa shape index (κ2) is 6.31. The Hall–Kier alpha value is -2.70. The SMILES string of the molecule is O=C(Nc1cccc(F)c1)c1nc(C(=O)NC2CC2)n2c1CCCC2. The number of nitrogens with zero attached hydrogens (tertiary/aromatic N) is 2. The number of nitrogens with one attached hydrogen (secondary N) is 2. The van der Waals surface area contributed by atoms with Gasteiger partial charge in [0.15, 0.2) is 11.5 Å². The number of benzene rings is 1. The van der Waals surface area contributed by atoms with E-state index in [2.05, 4.69) is 15.6 Å². The van der Waals surface area contributed by atoms with E-state index in [1.54, 1.807) is 6.07 Å². The fourth-order valence-corrected chi connectivity index (χ4v) is 3.13. The molecule has 1 aliphatic heterocycles. The minimum absolute atomic E-state index is 0.226. The molecule has 7 heteroatoms. The van der Waals surface area contributed by atoms with Gasteiger partial charge in [0.05, 0.1) is 5.69 Å². The Morgan fingerprint density at radius 2 is 2.04 bits per heavy atom. The molecule has 2 aromatic rings. The van der Waals surface area contributed by atoms with E-state index in [4.69, 9.17) is 0 Å². The zero-order valence-electron chi connectivity index (χ0n) is 13.7. The Morgan fingerprint density at radius 1 is 1.20 bits per heavy atom. The van der Waals surface area contributed by atoms with Crippen LogP contribution in [0.2, 0.25) is 0 Å². The first kappa shape index (κ1) is 15.8. The number of amides is 2. The average molecular weight is 342 g/mol. The smallest absolute Gasteiger partial charge is 0.287 e. The van der Waals surface area contributed by atoms with Crippen molar-refractivity contribution in [3.8, 4) is 0 Å². The Balaban J connectivity index is 1.63. The molecule has 1 fully saturated rings. The molecular formula is C18H19FN4O2. The Kier molecular flexibility index (Phi) is 3.99. The third-order valence-electron chi connectivity index (χ3n) is 4.53. The van der Waals surface area contributed by atoms with Crippen molar-refractivity contribution in [2.75, 3.05) is 5.32 Å². The number of imidazole rings is 1. The largest absolute Gasteiger partial charge is 0.347 e. The van der Waals surface area contributed by atoms with Crippen LogP contribution in [0.3, 0.4) is 0 Å². The lowest BCUT2D eigenvalue weighted by Crippen LogP contribution is -2.29. The second-order valence-electron chi connectivity index (χ2n) is 6.55. The van der Waals surface area contributed by atoms with Gasteiger partial charge >= 0.3 is 0 Å². The summed E-state index contributed by atoms with van der Waals surface area (Å²) in [5, 5.41) is 5.59. The summed E-state index contributed by atoms with van der Waals surface area (Å²) in [6, 6.07) is 5.94. The number of fused-ring (bicyclic) bond motifs is 1. The van der Waals surface area contributed by atoms with Gasteiger partial charge in [-0.05, 0) is 50.3 Å². The van der Waals surface area contributed by atoms with Crippen LogP contribution in [0.1, 0.15) is 52.5 Å². The number of rotatable bonds is 4. The molecular weight excluding hydrogens is 323 g/mol. The fraction of sp³-hybridized carbons (Fsp3) is 0.389. The molecule has 2 aliphatic rings. The van der Waals surface area contributed by atoms with Crippen LogP contribution in [0.4, 0.5) is 10.1 Å². The maximum absolute atomic E-state index is 13.3. The van der Waals surface area contributed by atoms with Gasteiger partial charge < -0.3 is 15.2 Å². The fourth-order valence-electron chi connectivity index (χ4n) is 3.13. The lowest BCUT2D eigenvalue weighted by molar-refractivity contribution is 0.0935. The van der Waals surface area contributed by atoms with Crippen molar-refractivity contribution < 1.29 is 14.0 Å². The number of hydrogen-bond donors (Lipinski definition) is 2. The molecule has 2 heterocycles. The zero-order chi connectivity index (χ0) is 17.4. The topological polar surface area (TPSA) is 76.0 Å². The Labute approximate surface area is 144 Å². The molecule has 0 saturated heterocycles. The Morgan fingerprint density at radius 3 is 2.80 bits per heavy atom. The van der Waals surface area contributed by atoms with E-state index in [0.717, 1.165) is 31.4 Å². The van der Waals surface area contributed by atoms with Gasteiger partial charge in [-0.2, -0.15) is 0 Å². The highest BCUT2D eigenvalue weighted by molar-refractivity contribution is 6.05. The van der Waals surface area contributed by atoms with Crippen LogP contribution < -0.4 is 10.6 Å². The first-order chi connectivity index (χ1) is 12.1. The maximum atomic E-state index is 13.3. The molecule has 0 atom stereocenters. The minimum atomic E-state index is -0.422. The van der Waals surface area contributed by atoms with Gasteiger partial charge in [-0.15, -0.1) is 0 Å². The summed E-state index contributed by atoms with van der Waals surface area (Å²) < 4.78 is 15.2. The van der Waals surface area contributed by atoms with Crippen molar-refractivity contribution in [1.29, 1.82) is 0 Å². The van der Waals surface area contributed by atoms with E-state index in [0.29, 0.717) is 24.5 Å². The highest BCUT2D eigenvalue weighted by Gasteiger charge is 2.30. The van der Waals surface area contributed by atoms with Crippen LogP contribution in [0.15, 0.2) is 24.3 Å². The highest BCUT2D eigenvalue weighted by Crippen LogP contribution is 2.24. The van der Waals surface area contributed by atoms with E-state index < -0.39 is 11.7 Å². The third-order valence-corrected chi connectivity index (χ3v) is 4.53. The van der Waals surface area contributed by atoms with Gasteiger partial charge in [-0.25, -0.2) is 9.37 Å². The number of anilines is 1. The van der Waals surface area contributed by atoms with Crippen molar-refractivity contribution >= 4 is 17.5 Å². The molecule has 1 aliphatic carbocycles. The highest BCUT2D eigenvalue weighted by atomic mass is 19.1. The maximum Gasteiger partial charge on any atom is 0.287 e. The first-order valence-corrected chi connectivity index (χ1v) is 8.59. The third kappa shape index (κ3) is 3.26. The number of carbonyl (C=O) groups is 2. The van der Waals surface area contributed by atoms with Crippen molar-refractivity contribution in [2.45, 2.75) is 44.7 Å². The molecule has 4 rings (SSSR count). The molecule has 0 spiro atoms. The monoisotopic (exact) mass is 342 g/mol. The normalized spacial score (nSPS) is 16.2. The average Bonchev–Trinajstić information content (AvgIpc) is 3.32. The summed E-state index contributed by atoms with van der Waals surface area (Å²) in [6.45, 7) is 0.684. The first-order valence-electron chi connectivity index (χ1n) is 8.59. The van der Waals surface area contributed by atoms with E-state index in [1.807, 2.05) is 4.57 Å². The predicted octanol–water partition coefficient (Wildman–Crippen LogP) is 2.50. The van der Waals surface area contributed by atoms with Crippen LogP contribution in [0.25, 0.3) is 0 Å². The van der Waals surface area contributed by atoms with Gasteiger partial charge in [0.2, 0.25) is 0 Å². The predicted molar refractivity (Wildman–Crippen MR) is 90.0 cm³/mol. The van der Waals surface area contributed by atoms with Crippen molar-refractivity contribution in [1.82, 2.24) is 14.9 Å². The molecule has 1 aromatic carbocycles. The number of carbonyl (C=O) groups excluding carboxylic acids is 2. The molecule has 1 saturated carbocycles. The van der Waals surface area contributed by atoms with Gasteiger partial charge in [-0.3, -0.25) is 9.59 Å². The number of halogens is 1. The molecule has 1 aromatic heterocycles. The summed E-state index contributed by atoms with van der Waals surface area (Å²) in [6.07, 6.45) is 4.60. The van der Waals surface area contributed by atoms with Crippen LogP contribution in [-0.2, 0) is 13.0 Å². The lowest BCUT2D eigenvalue weighted by atomic mass is 10.1. The van der Waals surface area contributed by atoms with Crippen LogP contribution in [0, 0.1) is 5.82 Å². The van der Waals surface area contributed by atoms with Crippen LogP contribution in [0.5, 0.6) is 0 Å². The number of hydrogen-bond acceptors (Lipinski definition) is 3.